The second-order valence-corrected chi connectivity index (χ2v) is 4.05. The Labute approximate surface area is 113 Å². The first-order valence-electron chi connectivity index (χ1n) is 5.55. The van der Waals surface area contributed by atoms with Crippen LogP contribution in [-0.4, -0.2) is 34.8 Å². The number of ether oxygens (including phenoxy) is 1. The Hall–Kier alpha value is -1.10. The third-order valence-electron chi connectivity index (χ3n) is 1.06. The van der Waals surface area contributed by atoms with Gasteiger partial charge in [0.2, 0.25) is 0 Å². The van der Waals surface area contributed by atoms with Crippen LogP contribution < -0.4 is 0 Å². The molecule has 0 aromatic heterocycles. The number of rotatable bonds is 4. The molecule has 0 spiro atoms. The lowest BCUT2D eigenvalue weighted by Gasteiger charge is -2.01. The largest absolute Gasteiger partial charge is 0.481 e. The summed E-state index contributed by atoms with van der Waals surface area (Å²) >= 11 is 5.29. The minimum Gasteiger partial charge on any atom is -0.481 e. The number of carbonyl (C=O) groups is 3. The van der Waals surface area contributed by atoms with Crippen LogP contribution in [0.2, 0.25) is 0 Å². The normalized spacial score (nSPS) is 8.39. The molecule has 0 saturated carbocycles. The van der Waals surface area contributed by atoms with Crippen LogP contribution in [0.5, 0.6) is 0 Å². The van der Waals surface area contributed by atoms with Crippen LogP contribution in [0.1, 0.15) is 47.5 Å². The van der Waals surface area contributed by atoms with Crippen LogP contribution in [-0.2, 0) is 19.1 Å². The average molecular weight is 283 g/mol. The predicted octanol–water partition coefficient (Wildman–Crippen LogP) is 2.64. The van der Waals surface area contributed by atoms with Crippen molar-refractivity contribution in [2.75, 3.05) is 5.88 Å². The minimum absolute atomic E-state index is 0.0255. The maximum absolute atomic E-state index is 10.1. The monoisotopic (exact) mass is 282 g/mol. The van der Waals surface area contributed by atoms with Crippen molar-refractivity contribution in [3.05, 3.63) is 0 Å². The number of hydrogen-bond donors (Lipinski definition) is 1. The molecular weight excluding hydrogens is 260 g/mol. The zero-order valence-corrected chi connectivity index (χ0v) is 12.4. The summed E-state index contributed by atoms with van der Waals surface area (Å²) in [6, 6.07) is 0. The number of carboxylic acids is 1. The Morgan fingerprint density at radius 1 is 1.17 bits per heavy atom. The fourth-order valence-electron chi connectivity index (χ4n) is 0.648. The van der Waals surface area contributed by atoms with Crippen LogP contribution in [0.15, 0.2) is 0 Å². The van der Waals surface area contributed by atoms with E-state index in [0.717, 1.165) is 13.3 Å². The molecule has 108 valence electrons. The number of ketones is 1. The molecular formula is C12H23ClO5. The first-order chi connectivity index (χ1) is 8.13. The highest BCUT2D eigenvalue weighted by Crippen LogP contribution is 1.91. The predicted molar refractivity (Wildman–Crippen MR) is 70.8 cm³/mol. The highest BCUT2D eigenvalue weighted by molar-refractivity contribution is 6.17. The smallest absolute Gasteiger partial charge is 0.302 e. The Balaban J connectivity index is -0.000000196. The summed E-state index contributed by atoms with van der Waals surface area (Å²) in [6.07, 6.45) is 1.47. The van der Waals surface area contributed by atoms with E-state index in [1.165, 1.54) is 6.92 Å². The summed E-state index contributed by atoms with van der Waals surface area (Å²) in [5, 5.41) is 7.42. The molecule has 0 unspecified atom stereocenters. The van der Waals surface area contributed by atoms with E-state index in [2.05, 4.69) is 4.74 Å². The number of carbonyl (C=O) groups excluding carboxylic acids is 2. The minimum atomic E-state index is -0.833. The van der Waals surface area contributed by atoms with Gasteiger partial charge in [-0.25, -0.2) is 0 Å². The molecule has 0 aliphatic heterocycles. The van der Waals surface area contributed by atoms with Crippen molar-refractivity contribution in [3.63, 3.8) is 0 Å². The fourth-order valence-corrected chi connectivity index (χ4v) is 0.781. The number of esters is 1. The highest BCUT2D eigenvalue weighted by Gasteiger charge is 1.93. The molecule has 0 rings (SSSR count). The number of alkyl halides is 1. The van der Waals surface area contributed by atoms with E-state index in [4.69, 9.17) is 21.5 Å². The van der Waals surface area contributed by atoms with E-state index in [-0.39, 0.29) is 17.9 Å². The summed E-state index contributed by atoms with van der Waals surface area (Å²) in [5.41, 5.74) is 0. The van der Waals surface area contributed by atoms with Gasteiger partial charge in [0.15, 0.2) is 0 Å². The molecule has 0 fully saturated rings. The summed E-state index contributed by atoms with van der Waals surface area (Å²) in [7, 11) is 0. The molecule has 0 aromatic carbocycles. The molecule has 0 heterocycles. The molecule has 0 amide bonds. The standard InChI is InChI=1S/C5H9ClO.C5H10O2.C2H4O2/c1-5(7)3-2-4-6;1-4(2)7-5(3)6;1-2(3)4/h2-4H2,1H3;4H,1-3H3;1H3,(H,3,4). The highest BCUT2D eigenvalue weighted by atomic mass is 35.5. The first kappa shape index (κ1) is 22.1. The quantitative estimate of drug-likeness (QED) is 0.633. The van der Waals surface area contributed by atoms with Crippen LogP contribution >= 0.6 is 11.6 Å². The van der Waals surface area contributed by atoms with E-state index < -0.39 is 5.97 Å². The van der Waals surface area contributed by atoms with Gasteiger partial charge in [-0.15, -0.1) is 11.6 Å². The lowest BCUT2D eigenvalue weighted by Crippen LogP contribution is -2.06. The van der Waals surface area contributed by atoms with Crippen molar-refractivity contribution in [2.24, 2.45) is 0 Å². The Morgan fingerprint density at radius 2 is 1.56 bits per heavy atom. The first-order valence-corrected chi connectivity index (χ1v) is 6.09. The van der Waals surface area contributed by atoms with Crippen molar-refractivity contribution < 1.29 is 24.2 Å². The van der Waals surface area contributed by atoms with E-state index in [9.17, 15) is 9.59 Å². The SMILES string of the molecule is CC(=O)CCCCl.CC(=O)O.CC(=O)OC(C)C. The molecule has 0 aliphatic rings. The van der Waals surface area contributed by atoms with E-state index in [1.807, 2.05) is 13.8 Å². The molecule has 18 heavy (non-hydrogen) atoms. The zero-order valence-electron chi connectivity index (χ0n) is 11.7. The molecule has 0 aromatic rings. The fraction of sp³-hybridized carbons (Fsp3) is 0.750. The third-order valence-corrected chi connectivity index (χ3v) is 1.33. The van der Waals surface area contributed by atoms with Gasteiger partial charge in [-0.2, -0.15) is 0 Å². The summed E-state index contributed by atoms with van der Waals surface area (Å²) < 4.78 is 4.61. The van der Waals surface area contributed by atoms with Crippen molar-refractivity contribution >= 4 is 29.3 Å². The number of Topliss-reactive ketones (excluding diaryl/α,β-unsaturated/α-hetero) is 1. The maximum Gasteiger partial charge on any atom is 0.302 e. The van der Waals surface area contributed by atoms with E-state index in [1.54, 1.807) is 6.92 Å². The number of carboxylic acid groups (broad SMARTS) is 1. The Kier molecular flexibility index (Phi) is 19.5. The Morgan fingerprint density at radius 3 is 1.61 bits per heavy atom. The topological polar surface area (TPSA) is 80.7 Å². The van der Waals surface area contributed by atoms with Crippen LogP contribution in [0.4, 0.5) is 0 Å². The van der Waals surface area contributed by atoms with Gasteiger partial charge in [0.1, 0.15) is 5.78 Å². The van der Waals surface area contributed by atoms with Crippen molar-refractivity contribution in [1.82, 2.24) is 0 Å². The van der Waals surface area contributed by atoms with Crippen LogP contribution in [0.3, 0.4) is 0 Å². The summed E-state index contributed by atoms with van der Waals surface area (Å²) in [5.74, 6) is -0.227. The second-order valence-electron chi connectivity index (χ2n) is 3.67. The number of halogens is 1. The zero-order chi connectivity index (χ0) is 15.1. The molecule has 0 radical (unpaired) electrons. The summed E-state index contributed by atoms with van der Waals surface area (Å²) in [6.45, 7) is 7.70. The van der Waals surface area contributed by atoms with Crippen molar-refractivity contribution in [2.45, 2.75) is 53.6 Å². The molecule has 0 atom stereocenters. The van der Waals surface area contributed by atoms with E-state index in [0.29, 0.717) is 12.3 Å². The third kappa shape index (κ3) is 60.5. The molecule has 1 N–H and O–H groups in total. The lowest BCUT2D eigenvalue weighted by atomic mass is 10.3. The van der Waals surface area contributed by atoms with Gasteiger partial charge in [-0.1, -0.05) is 0 Å². The number of aliphatic carboxylic acids is 1. The second kappa shape index (κ2) is 15.9. The molecule has 0 aliphatic carbocycles. The Bertz CT molecular complexity index is 235. The van der Waals surface area contributed by atoms with Gasteiger partial charge in [0.05, 0.1) is 6.10 Å². The van der Waals surface area contributed by atoms with Crippen molar-refractivity contribution in [3.8, 4) is 0 Å². The van der Waals surface area contributed by atoms with Crippen molar-refractivity contribution in [1.29, 1.82) is 0 Å². The average Bonchev–Trinajstić information content (AvgIpc) is 2.12. The van der Waals surface area contributed by atoms with E-state index >= 15 is 0 Å². The molecule has 5 nitrogen and oxygen atoms in total. The number of hydrogen-bond acceptors (Lipinski definition) is 4. The van der Waals surface area contributed by atoms with Crippen LogP contribution in [0.25, 0.3) is 0 Å². The van der Waals surface area contributed by atoms with Gasteiger partial charge >= 0.3 is 5.97 Å². The van der Waals surface area contributed by atoms with Gasteiger partial charge in [-0.05, 0) is 27.2 Å². The van der Waals surface area contributed by atoms with Gasteiger partial charge in [0.25, 0.3) is 5.97 Å². The van der Waals surface area contributed by atoms with Gasteiger partial charge < -0.3 is 14.6 Å². The lowest BCUT2D eigenvalue weighted by molar-refractivity contribution is -0.144. The summed E-state index contributed by atoms with van der Waals surface area (Å²) in [4.78, 5) is 29.2. The molecule has 0 bridgehead atoms. The molecule has 6 heteroatoms. The molecule has 0 saturated heterocycles. The van der Waals surface area contributed by atoms with Crippen LogP contribution in [0, 0.1) is 0 Å². The maximum atomic E-state index is 10.1. The van der Waals surface area contributed by atoms with Gasteiger partial charge in [0, 0.05) is 26.1 Å². The van der Waals surface area contributed by atoms with Gasteiger partial charge in [-0.3, -0.25) is 9.59 Å².